The van der Waals surface area contributed by atoms with Crippen molar-refractivity contribution >= 4 is 17.9 Å². The average molecular weight is 307 g/mol. The Hall–Kier alpha value is -3.26. The Kier molecular flexibility index (Phi) is 5.78. The Morgan fingerprint density at radius 3 is 2.74 bits per heavy atom. The number of carbonyl (C=O) groups is 1. The zero-order valence-corrected chi connectivity index (χ0v) is 12.5. The molecule has 23 heavy (non-hydrogen) atoms. The number of benzene rings is 2. The van der Waals surface area contributed by atoms with E-state index in [1.54, 1.807) is 24.3 Å². The predicted molar refractivity (Wildman–Crippen MR) is 89.2 cm³/mol. The molecule has 0 spiro atoms. The zero-order valence-electron chi connectivity index (χ0n) is 12.5. The van der Waals surface area contributed by atoms with Gasteiger partial charge in [0.25, 0.3) is 0 Å². The second kappa shape index (κ2) is 8.25. The summed E-state index contributed by atoms with van der Waals surface area (Å²) in [6.07, 6.45) is 3.12. The van der Waals surface area contributed by atoms with Crippen LogP contribution in [-0.2, 0) is 11.3 Å². The maximum absolute atomic E-state index is 11.5. The first-order valence-corrected chi connectivity index (χ1v) is 7.10. The summed E-state index contributed by atoms with van der Waals surface area (Å²) in [4.78, 5) is 11.5. The molecule has 3 N–H and O–H groups in total. The Morgan fingerprint density at radius 1 is 1.26 bits per heavy atom. The molecule has 1 amide bonds. The van der Waals surface area contributed by atoms with Gasteiger partial charge in [-0.15, -0.1) is 0 Å². The monoisotopic (exact) mass is 307 g/mol. The van der Waals surface area contributed by atoms with E-state index in [9.17, 15) is 4.79 Å². The van der Waals surface area contributed by atoms with Gasteiger partial charge < -0.3 is 15.8 Å². The molecule has 0 fully saturated rings. The van der Waals surface area contributed by atoms with Crippen LogP contribution in [0, 0.1) is 11.3 Å². The Labute approximate surface area is 135 Å². The van der Waals surface area contributed by atoms with Crippen LogP contribution in [0.3, 0.4) is 0 Å². The van der Waals surface area contributed by atoms with Crippen LogP contribution in [0.15, 0.2) is 54.6 Å². The lowest BCUT2D eigenvalue weighted by Gasteiger charge is -2.05. The van der Waals surface area contributed by atoms with Crippen molar-refractivity contribution in [1.82, 2.24) is 5.32 Å². The number of hydrogen-bond acceptors (Lipinski definition) is 4. The highest BCUT2D eigenvalue weighted by Gasteiger charge is 2.00. The van der Waals surface area contributed by atoms with Crippen molar-refractivity contribution in [3.05, 3.63) is 71.3 Å². The van der Waals surface area contributed by atoms with Crippen LogP contribution in [0.25, 0.3) is 6.08 Å². The smallest absolute Gasteiger partial charge is 0.407 e. The Bertz CT molecular complexity index is 734. The molecule has 0 aliphatic carbocycles. The lowest BCUT2D eigenvalue weighted by atomic mass is 10.1. The molecule has 0 heterocycles. The summed E-state index contributed by atoms with van der Waals surface area (Å²) in [6.45, 7) is 0.579. The number of nitrogens with zero attached hydrogens (tertiary/aromatic N) is 1. The molecule has 2 rings (SSSR count). The van der Waals surface area contributed by atoms with E-state index >= 15 is 0 Å². The van der Waals surface area contributed by atoms with E-state index in [-0.39, 0.29) is 6.61 Å². The second-order valence-corrected chi connectivity index (χ2v) is 4.80. The number of carbonyl (C=O) groups excluding carboxylic acids is 1. The van der Waals surface area contributed by atoms with Crippen LogP contribution in [0.5, 0.6) is 0 Å². The summed E-state index contributed by atoms with van der Waals surface area (Å²) in [5, 5.41) is 11.4. The molecule has 0 aliphatic heterocycles. The normalized spacial score (nSPS) is 10.2. The van der Waals surface area contributed by atoms with E-state index in [0.29, 0.717) is 17.8 Å². The number of nitriles is 1. The highest BCUT2D eigenvalue weighted by atomic mass is 16.5. The number of ether oxygens (including phenoxy) is 1. The van der Waals surface area contributed by atoms with Crippen LogP contribution in [0.2, 0.25) is 0 Å². The Balaban J connectivity index is 1.75. The minimum Gasteiger partial charge on any atom is -0.445 e. The maximum atomic E-state index is 11.5. The van der Waals surface area contributed by atoms with Gasteiger partial charge in [0.05, 0.1) is 11.3 Å². The van der Waals surface area contributed by atoms with E-state index in [2.05, 4.69) is 5.32 Å². The van der Waals surface area contributed by atoms with E-state index in [0.717, 1.165) is 11.1 Å². The fourth-order valence-corrected chi connectivity index (χ4v) is 1.90. The van der Waals surface area contributed by atoms with Crippen LogP contribution >= 0.6 is 0 Å². The van der Waals surface area contributed by atoms with Gasteiger partial charge in [0.1, 0.15) is 12.7 Å². The minimum atomic E-state index is -0.474. The number of alkyl carbamates (subject to hydrolysis) is 1. The third-order valence-corrected chi connectivity index (χ3v) is 3.08. The van der Waals surface area contributed by atoms with Gasteiger partial charge in [0.15, 0.2) is 0 Å². The van der Waals surface area contributed by atoms with Crippen molar-refractivity contribution in [1.29, 1.82) is 5.26 Å². The molecule has 0 bridgehead atoms. The summed E-state index contributed by atoms with van der Waals surface area (Å²) in [5.74, 6) is 0. The van der Waals surface area contributed by atoms with Gasteiger partial charge in [-0.05, 0) is 23.3 Å². The number of nitrogen functional groups attached to an aromatic ring is 1. The minimum absolute atomic E-state index is 0.239. The number of hydrogen-bond donors (Lipinski definition) is 2. The molecule has 5 nitrogen and oxygen atoms in total. The zero-order chi connectivity index (χ0) is 16.5. The molecular weight excluding hydrogens is 290 g/mol. The van der Waals surface area contributed by atoms with Gasteiger partial charge >= 0.3 is 6.09 Å². The molecule has 116 valence electrons. The van der Waals surface area contributed by atoms with Gasteiger partial charge in [0.2, 0.25) is 0 Å². The number of nitrogens with two attached hydrogens (primary N) is 1. The first kappa shape index (κ1) is 16.1. The largest absolute Gasteiger partial charge is 0.445 e. The molecule has 0 radical (unpaired) electrons. The predicted octanol–water partition coefficient (Wildman–Crippen LogP) is 3.08. The fourth-order valence-electron chi connectivity index (χ4n) is 1.90. The third-order valence-electron chi connectivity index (χ3n) is 3.08. The van der Waals surface area contributed by atoms with Gasteiger partial charge in [-0.2, -0.15) is 5.26 Å². The summed E-state index contributed by atoms with van der Waals surface area (Å²) >= 11 is 0. The fraction of sp³-hybridized carbons (Fsp3) is 0.111. The van der Waals surface area contributed by atoms with Crippen molar-refractivity contribution in [2.24, 2.45) is 0 Å². The summed E-state index contributed by atoms with van der Waals surface area (Å²) in [6, 6.07) is 16.6. The van der Waals surface area contributed by atoms with Crippen molar-refractivity contribution in [2.45, 2.75) is 6.61 Å². The van der Waals surface area contributed by atoms with Crippen LogP contribution < -0.4 is 11.1 Å². The lowest BCUT2D eigenvalue weighted by Crippen LogP contribution is -2.24. The first-order chi connectivity index (χ1) is 11.2. The highest BCUT2D eigenvalue weighted by molar-refractivity contribution is 5.68. The van der Waals surface area contributed by atoms with Gasteiger partial charge in [-0.1, -0.05) is 48.6 Å². The van der Waals surface area contributed by atoms with E-state index in [1.807, 2.05) is 42.5 Å². The van der Waals surface area contributed by atoms with E-state index < -0.39 is 6.09 Å². The first-order valence-electron chi connectivity index (χ1n) is 7.10. The summed E-state index contributed by atoms with van der Waals surface area (Å²) < 4.78 is 5.09. The molecule has 0 saturated carbocycles. The topological polar surface area (TPSA) is 88.1 Å². The van der Waals surface area contributed by atoms with Crippen LogP contribution in [-0.4, -0.2) is 12.6 Å². The number of amides is 1. The number of nitrogens with one attached hydrogen (secondary N) is 1. The number of anilines is 1. The lowest BCUT2D eigenvalue weighted by molar-refractivity contribution is 0.141. The van der Waals surface area contributed by atoms with Crippen molar-refractivity contribution in [3.8, 4) is 6.07 Å². The molecule has 0 unspecified atom stereocenters. The molecule has 0 atom stereocenters. The van der Waals surface area contributed by atoms with Crippen molar-refractivity contribution in [3.63, 3.8) is 0 Å². The van der Waals surface area contributed by atoms with E-state index in [4.69, 9.17) is 15.7 Å². The van der Waals surface area contributed by atoms with Gasteiger partial charge in [-0.3, -0.25) is 0 Å². The molecule has 0 saturated heterocycles. The highest BCUT2D eigenvalue weighted by Crippen LogP contribution is 2.14. The van der Waals surface area contributed by atoms with Gasteiger partial charge in [0, 0.05) is 6.54 Å². The third kappa shape index (κ3) is 5.21. The standard InChI is InChI=1S/C18H17N3O2/c19-12-16-9-8-14(11-17(16)20)7-4-10-21-18(22)23-13-15-5-2-1-3-6-15/h1-9,11H,10,13,20H2,(H,21,22). The molecule has 2 aromatic rings. The quantitative estimate of drug-likeness (QED) is 0.831. The van der Waals surface area contributed by atoms with Crippen molar-refractivity contribution in [2.75, 3.05) is 12.3 Å². The molecule has 0 aliphatic rings. The Morgan fingerprint density at radius 2 is 2.04 bits per heavy atom. The maximum Gasteiger partial charge on any atom is 0.407 e. The summed E-state index contributed by atoms with van der Waals surface area (Å²) in [5.41, 5.74) is 8.42. The van der Waals surface area contributed by atoms with Crippen LogP contribution in [0.4, 0.5) is 10.5 Å². The number of rotatable bonds is 5. The second-order valence-electron chi connectivity index (χ2n) is 4.80. The average Bonchev–Trinajstić information content (AvgIpc) is 2.58. The van der Waals surface area contributed by atoms with Gasteiger partial charge in [-0.25, -0.2) is 4.79 Å². The van der Waals surface area contributed by atoms with E-state index in [1.165, 1.54) is 0 Å². The molecule has 2 aromatic carbocycles. The SMILES string of the molecule is N#Cc1ccc(C=CCNC(=O)OCc2ccccc2)cc1N. The molecule has 5 heteroatoms. The van der Waals surface area contributed by atoms with Crippen LogP contribution in [0.1, 0.15) is 16.7 Å². The summed E-state index contributed by atoms with van der Waals surface area (Å²) in [7, 11) is 0. The van der Waals surface area contributed by atoms with Crippen molar-refractivity contribution < 1.29 is 9.53 Å². The molecule has 0 aromatic heterocycles. The molecular formula is C18H17N3O2.